The summed E-state index contributed by atoms with van der Waals surface area (Å²) in [4.78, 5) is 45.2. The Labute approximate surface area is 240 Å². The maximum absolute atomic E-state index is 13.4. The number of imide groups is 1. The van der Waals surface area contributed by atoms with Gasteiger partial charge in [-0.3, -0.25) is 19.4 Å². The van der Waals surface area contributed by atoms with E-state index in [-0.39, 0.29) is 61.7 Å². The summed E-state index contributed by atoms with van der Waals surface area (Å²) in [6, 6.07) is 9.66. The first-order valence-corrected chi connectivity index (χ1v) is 15.2. The number of hydrogen-bond donors (Lipinski definition) is 1. The lowest BCUT2D eigenvalue weighted by atomic mass is 9.79. The van der Waals surface area contributed by atoms with Gasteiger partial charge in [-0.1, -0.05) is 37.3 Å². The average molecular weight is 577 g/mol. The minimum absolute atomic E-state index is 0.00181. The van der Waals surface area contributed by atoms with Crippen molar-refractivity contribution in [1.82, 2.24) is 20.0 Å². The van der Waals surface area contributed by atoms with Gasteiger partial charge in [0, 0.05) is 37.6 Å². The number of carbonyl (C=O) groups excluding carboxylic acids is 3. The van der Waals surface area contributed by atoms with Gasteiger partial charge in [-0.15, -0.1) is 0 Å². The monoisotopic (exact) mass is 576 g/mol. The lowest BCUT2D eigenvalue weighted by Crippen LogP contribution is -2.61. The van der Waals surface area contributed by atoms with Crippen LogP contribution in [0, 0.1) is 17.8 Å². The quantitative estimate of drug-likeness (QED) is 0.414. The molecule has 2 saturated heterocycles. The highest BCUT2D eigenvalue weighted by atomic mass is 19.4. The van der Waals surface area contributed by atoms with Crippen LogP contribution in [0.5, 0.6) is 0 Å². The maximum atomic E-state index is 13.4. The number of halogens is 3. The molecule has 226 valence electrons. The van der Waals surface area contributed by atoms with E-state index in [1.54, 1.807) is 11.9 Å². The highest BCUT2D eigenvalue weighted by Crippen LogP contribution is 2.55. The summed E-state index contributed by atoms with van der Waals surface area (Å²) in [6.07, 6.45) is -0.817. The van der Waals surface area contributed by atoms with Crippen molar-refractivity contribution in [3.63, 3.8) is 0 Å². The minimum Gasteiger partial charge on any atom is -0.349 e. The molecule has 5 rings (SSSR count). The number of alkyl halides is 3. The molecule has 5 atom stereocenters. The molecule has 2 aliphatic heterocycles. The van der Waals surface area contributed by atoms with E-state index < -0.39 is 23.6 Å². The van der Waals surface area contributed by atoms with Crippen molar-refractivity contribution in [2.24, 2.45) is 17.8 Å². The fourth-order valence-electron chi connectivity index (χ4n) is 8.31. The van der Waals surface area contributed by atoms with Crippen LogP contribution in [0.4, 0.5) is 18.0 Å². The first kappa shape index (κ1) is 29.9. The van der Waals surface area contributed by atoms with Crippen LogP contribution in [-0.4, -0.2) is 76.0 Å². The van der Waals surface area contributed by atoms with E-state index in [1.165, 1.54) is 4.90 Å². The lowest BCUT2D eigenvalue weighted by molar-refractivity contribution is -0.184. The summed E-state index contributed by atoms with van der Waals surface area (Å²) in [5.74, 6) is -1.66. The van der Waals surface area contributed by atoms with Crippen molar-refractivity contribution in [2.75, 3.05) is 13.6 Å². The zero-order valence-electron chi connectivity index (χ0n) is 24.5. The number of hydrogen-bond acceptors (Lipinski definition) is 4. The molecule has 4 unspecified atom stereocenters. The van der Waals surface area contributed by atoms with Crippen molar-refractivity contribution >= 4 is 17.8 Å². The Balaban J connectivity index is 1.27. The highest BCUT2D eigenvalue weighted by molar-refractivity contribution is 6.07. The Morgan fingerprint density at radius 2 is 1.73 bits per heavy atom. The van der Waals surface area contributed by atoms with E-state index >= 15 is 0 Å². The second-order valence-electron chi connectivity index (χ2n) is 12.8. The third-order valence-electron chi connectivity index (χ3n) is 10.3. The third kappa shape index (κ3) is 5.25. The van der Waals surface area contributed by atoms with Crippen LogP contribution in [0.3, 0.4) is 0 Å². The van der Waals surface area contributed by atoms with E-state index in [2.05, 4.69) is 17.1 Å². The molecule has 1 N–H and O–H groups in total. The molecule has 0 bridgehead atoms. The van der Waals surface area contributed by atoms with Crippen LogP contribution in [0.1, 0.15) is 83.7 Å². The van der Waals surface area contributed by atoms with Gasteiger partial charge in [-0.2, -0.15) is 13.2 Å². The number of nitrogens with one attached hydrogen (secondary N) is 1. The summed E-state index contributed by atoms with van der Waals surface area (Å²) in [5.41, 5.74) is 0.182. The van der Waals surface area contributed by atoms with Gasteiger partial charge in [0.25, 0.3) is 5.91 Å². The predicted molar refractivity (Wildman–Crippen MR) is 149 cm³/mol. The molecule has 4 fully saturated rings. The zero-order valence-corrected chi connectivity index (χ0v) is 24.5. The summed E-state index contributed by atoms with van der Waals surface area (Å²) >= 11 is 0. The van der Waals surface area contributed by atoms with Crippen LogP contribution < -0.4 is 5.32 Å². The Kier molecular flexibility index (Phi) is 8.18. The number of urea groups is 1. The second-order valence-corrected chi connectivity index (χ2v) is 12.8. The summed E-state index contributed by atoms with van der Waals surface area (Å²) < 4.78 is 39.4. The molecule has 0 aromatic heterocycles. The van der Waals surface area contributed by atoms with Crippen LogP contribution in [0.2, 0.25) is 0 Å². The first-order valence-electron chi connectivity index (χ1n) is 15.2. The van der Waals surface area contributed by atoms with Crippen molar-refractivity contribution in [1.29, 1.82) is 0 Å². The number of rotatable bonds is 8. The smallest absolute Gasteiger partial charge is 0.349 e. The van der Waals surface area contributed by atoms with Gasteiger partial charge in [0.05, 0.1) is 12.0 Å². The third-order valence-corrected chi connectivity index (χ3v) is 10.3. The van der Waals surface area contributed by atoms with Crippen LogP contribution in [-0.2, 0) is 9.59 Å². The van der Waals surface area contributed by atoms with E-state index in [0.717, 1.165) is 18.5 Å². The van der Waals surface area contributed by atoms with Gasteiger partial charge in [-0.05, 0) is 76.7 Å². The van der Waals surface area contributed by atoms with Crippen LogP contribution >= 0.6 is 0 Å². The van der Waals surface area contributed by atoms with Crippen LogP contribution in [0.15, 0.2) is 30.3 Å². The lowest BCUT2D eigenvalue weighted by Gasteiger charge is -2.53. The molecule has 41 heavy (non-hydrogen) atoms. The Hall–Kier alpha value is -2.62. The molecule has 4 amide bonds. The van der Waals surface area contributed by atoms with Crippen molar-refractivity contribution in [3.05, 3.63) is 35.9 Å². The normalized spacial score (nSPS) is 32.9. The van der Waals surface area contributed by atoms with Crippen LogP contribution in [0.25, 0.3) is 0 Å². The number of likely N-dealkylation sites (tertiary alicyclic amines) is 1. The van der Waals surface area contributed by atoms with Gasteiger partial charge in [0.1, 0.15) is 5.54 Å². The Bertz CT molecular complexity index is 1140. The minimum atomic E-state index is -4.20. The molecular formula is C31H43F3N4O3. The van der Waals surface area contributed by atoms with Gasteiger partial charge in [-0.25, -0.2) is 4.79 Å². The number of fused-ring (bicyclic) bond motifs is 1. The topological polar surface area (TPSA) is 73.0 Å². The Morgan fingerprint density at radius 3 is 2.32 bits per heavy atom. The standard InChI is InChI=1S/C31H43F3N4O3/c1-5-25-23-17-30(28(40)36(4)29(41)38(30)19(2)3)18-26(23)37(25)16-15-24(20-9-7-6-8-10-20)35-27(39)21-11-13-22(14-12-21)31(32,33)34/h6-10,19,21-26H,5,11-18H2,1-4H3,(H,35,39)/t21?,22?,23?,24-,25?,26?,30?/m0/s1. The molecule has 2 saturated carbocycles. The highest BCUT2D eigenvalue weighted by Gasteiger charge is 2.67. The number of benzene rings is 1. The molecule has 4 aliphatic rings. The number of likely N-dealkylation sites (N-methyl/N-ethyl adjacent to an activating group) is 1. The fraction of sp³-hybridized carbons (Fsp3) is 0.710. The van der Waals surface area contributed by atoms with Gasteiger partial charge < -0.3 is 10.2 Å². The molecule has 10 heteroatoms. The van der Waals surface area contributed by atoms with Crippen molar-refractivity contribution in [2.45, 2.75) is 108 Å². The summed E-state index contributed by atoms with van der Waals surface area (Å²) in [5, 5.41) is 3.18. The van der Waals surface area contributed by atoms with E-state index in [9.17, 15) is 27.6 Å². The van der Waals surface area contributed by atoms with E-state index in [1.807, 2.05) is 44.2 Å². The van der Waals surface area contributed by atoms with Crippen molar-refractivity contribution in [3.8, 4) is 0 Å². The SMILES string of the molecule is CCC1C2CC3(CC2N1CC[C@H](NC(=O)C1CCC(C(F)(F)F)CC1)c1ccccc1)C(=O)N(C)C(=O)N3C(C)C. The number of nitrogens with zero attached hydrogens (tertiary/aromatic N) is 3. The number of amides is 4. The summed E-state index contributed by atoms with van der Waals surface area (Å²) in [7, 11) is 1.58. The van der Waals surface area contributed by atoms with Gasteiger partial charge >= 0.3 is 12.2 Å². The van der Waals surface area contributed by atoms with Gasteiger partial charge in [0.2, 0.25) is 5.91 Å². The molecule has 1 aromatic rings. The zero-order chi connectivity index (χ0) is 29.7. The Morgan fingerprint density at radius 1 is 1.07 bits per heavy atom. The molecule has 0 radical (unpaired) electrons. The summed E-state index contributed by atoms with van der Waals surface area (Å²) in [6.45, 7) is 6.80. The van der Waals surface area contributed by atoms with Crippen molar-refractivity contribution < 1.29 is 27.6 Å². The predicted octanol–water partition coefficient (Wildman–Crippen LogP) is 5.52. The van der Waals surface area contributed by atoms with E-state index in [0.29, 0.717) is 31.2 Å². The molecule has 2 aliphatic carbocycles. The average Bonchev–Trinajstić information content (AvgIpc) is 3.36. The second kappa shape index (κ2) is 11.2. The first-order chi connectivity index (χ1) is 19.4. The molecular weight excluding hydrogens is 533 g/mol. The van der Waals surface area contributed by atoms with E-state index in [4.69, 9.17) is 0 Å². The molecule has 1 aromatic carbocycles. The fourth-order valence-corrected chi connectivity index (χ4v) is 8.31. The molecule has 7 nitrogen and oxygen atoms in total. The van der Waals surface area contributed by atoms with Gasteiger partial charge in [0.15, 0.2) is 0 Å². The molecule has 1 spiro atoms. The maximum Gasteiger partial charge on any atom is 0.391 e. The molecule has 2 heterocycles. The number of carbonyl (C=O) groups is 3. The largest absolute Gasteiger partial charge is 0.391 e.